The lowest BCUT2D eigenvalue weighted by molar-refractivity contribution is -0.123. The summed E-state index contributed by atoms with van der Waals surface area (Å²) >= 11 is 5.92. The second-order valence-electron chi connectivity index (χ2n) is 5.63. The lowest BCUT2D eigenvalue weighted by Gasteiger charge is -2.15. The Hall–Kier alpha value is -2.86. The maximum atomic E-state index is 12.4. The number of hydrogen-bond donors (Lipinski definition) is 1. The van der Waals surface area contributed by atoms with Gasteiger partial charge in [-0.15, -0.1) is 0 Å². The van der Waals surface area contributed by atoms with Crippen molar-refractivity contribution in [3.8, 4) is 5.75 Å². The molecule has 7 heteroatoms. The van der Waals surface area contributed by atoms with E-state index in [1.54, 1.807) is 31.2 Å². The highest BCUT2D eigenvalue weighted by Crippen LogP contribution is 2.15. The SMILES string of the molecule is Cc1ccc(O[C@H](C)C(=O)Nn2cnc3ccc(Cl)cc3c2=O)cc1. The molecule has 1 N–H and O–H groups in total. The molecule has 1 amide bonds. The summed E-state index contributed by atoms with van der Waals surface area (Å²) in [5, 5.41) is 0.744. The zero-order valence-electron chi connectivity index (χ0n) is 13.7. The fourth-order valence-corrected chi connectivity index (χ4v) is 2.43. The van der Waals surface area contributed by atoms with Gasteiger partial charge < -0.3 is 4.74 Å². The minimum atomic E-state index is -0.787. The molecule has 0 radical (unpaired) electrons. The number of aryl methyl sites for hydroxylation is 1. The summed E-state index contributed by atoms with van der Waals surface area (Å²) in [6.07, 6.45) is 0.472. The molecule has 0 aliphatic rings. The lowest BCUT2D eigenvalue weighted by atomic mass is 10.2. The number of benzene rings is 2. The van der Waals surface area contributed by atoms with Crippen LogP contribution in [0.5, 0.6) is 5.75 Å². The van der Waals surface area contributed by atoms with E-state index in [0.717, 1.165) is 10.2 Å². The third-order valence-electron chi connectivity index (χ3n) is 3.65. The van der Waals surface area contributed by atoms with Gasteiger partial charge in [0.05, 0.1) is 10.9 Å². The molecule has 0 spiro atoms. The van der Waals surface area contributed by atoms with E-state index in [9.17, 15) is 9.59 Å². The summed E-state index contributed by atoms with van der Waals surface area (Å²) in [7, 11) is 0. The molecule has 0 saturated carbocycles. The second-order valence-corrected chi connectivity index (χ2v) is 6.07. The van der Waals surface area contributed by atoms with Crippen molar-refractivity contribution in [2.24, 2.45) is 0 Å². The maximum absolute atomic E-state index is 12.4. The molecule has 128 valence electrons. The molecule has 3 aromatic rings. The molecular weight excluding hydrogens is 342 g/mol. The van der Waals surface area contributed by atoms with Crippen LogP contribution in [0.4, 0.5) is 0 Å². The first-order valence-electron chi connectivity index (χ1n) is 7.65. The summed E-state index contributed by atoms with van der Waals surface area (Å²) in [6, 6.07) is 12.2. The zero-order chi connectivity index (χ0) is 18.0. The summed E-state index contributed by atoms with van der Waals surface area (Å²) in [6.45, 7) is 3.57. The fourth-order valence-electron chi connectivity index (χ4n) is 2.26. The third kappa shape index (κ3) is 3.80. The molecule has 25 heavy (non-hydrogen) atoms. The molecular formula is C18H16ClN3O3. The van der Waals surface area contributed by atoms with E-state index in [4.69, 9.17) is 16.3 Å². The van der Waals surface area contributed by atoms with Crippen LogP contribution in [0.3, 0.4) is 0 Å². The van der Waals surface area contributed by atoms with Crippen LogP contribution < -0.4 is 15.7 Å². The number of amides is 1. The lowest BCUT2D eigenvalue weighted by Crippen LogP contribution is -2.40. The Kier molecular flexibility index (Phi) is 4.72. The van der Waals surface area contributed by atoms with Gasteiger partial charge in [0.15, 0.2) is 6.10 Å². The van der Waals surface area contributed by atoms with Gasteiger partial charge in [-0.2, -0.15) is 0 Å². The van der Waals surface area contributed by atoms with Crippen molar-refractivity contribution in [1.82, 2.24) is 9.66 Å². The number of ether oxygens (including phenoxy) is 1. The molecule has 0 bridgehead atoms. The van der Waals surface area contributed by atoms with Crippen LogP contribution in [0.25, 0.3) is 10.9 Å². The van der Waals surface area contributed by atoms with Crippen LogP contribution in [-0.4, -0.2) is 21.7 Å². The van der Waals surface area contributed by atoms with Crippen molar-refractivity contribution >= 4 is 28.4 Å². The average molecular weight is 358 g/mol. The molecule has 0 saturated heterocycles. The summed E-state index contributed by atoms with van der Waals surface area (Å²) in [5.74, 6) is 0.106. The third-order valence-corrected chi connectivity index (χ3v) is 3.89. The van der Waals surface area contributed by atoms with Crippen molar-refractivity contribution in [1.29, 1.82) is 0 Å². The van der Waals surface area contributed by atoms with Gasteiger partial charge in [0.1, 0.15) is 12.1 Å². The van der Waals surface area contributed by atoms with E-state index in [2.05, 4.69) is 10.4 Å². The second kappa shape index (κ2) is 6.94. The zero-order valence-corrected chi connectivity index (χ0v) is 14.4. The van der Waals surface area contributed by atoms with E-state index < -0.39 is 17.6 Å². The van der Waals surface area contributed by atoms with Gasteiger partial charge >= 0.3 is 0 Å². The number of aromatic nitrogens is 2. The number of carbonyl (C=O) groups excluding carboxylic acids is 1. The van der Waals surface area contributed by atoms with Gasteiger partial charge in [0, 0.05) is 5.02 Å². The van der Waals surface area contributed by atoms with Crippen LogP contribution in [0, 0.1) is 6.92 Å². The molecule has 6 nitrogen and oxygen atoms in total. The quantitative estimate of drug-likeness (QED) is 0.779. The first-order chi connectivity index (χ1) is 11.9. The summed E-state index contributed by atoms with van der Waals surface area (Å²) < 4.78 is 6.60. The molecule has 0 unspecified atom stereocenters. The molecule has 3 rings (SSSR count). The van der Waals surface area contributed by atoms with E-state index in [0.29, 0.717) is 21.7 Å². The van der Waals surface area contributed by atoms with Crippen molar-refractivity contribution < 1.29 is 9.53 Å². The smallest absolute Gasteiger partial charge is 0.280 e. The maximum Gasteiger partial charge on any atom is 0.280 e. The van der Waals surface area contributed by atoms with Crippen LogP contribution >= 0.6 is 11.6 Å². The Morgan fingerprint density at radius 3 is 2.68 bits per heavy atom. The number of rotatable bonds is 4. The summed E-state index contributed by atoms with van der Waals surface area (Å²) in [5.41, 5.74) is 3.67. The Morgan fingerprint density at radius 2 is 1.96 bits per heavy atom. The largest absolute Gasteiger partial charge is 0.481 e. The van der Waals surface area contributed by atoms with E-state index in [1.807, 2.05) is 19.1 Å². The van der Waals surface area contributed by atoms with Gasteiger partial charge in [0.2, 0.25) is 0 Å². The highest BCUT2D eigenvalue weighted by atomic mass is 35.5. The summed E-state index contributed by atoms with van der Waals surface area (Å²) in [4.78, 5) is 28.9. The van der Waals surface area contributed by atoms with Gasteiger partial charge in [-0.05, 0) is 44.2 Å². The van der Waals surface area contributed by atoms with Crippen LogP contribution in [-0.2, 0) is 4.79 Å². The average Bonchev–Trinajstić information content (AvgIpc) is 2.59. The molecule has 2 aromatic carbocycles. The van der Waals surface area contributed by atoms with Crippen molar-refractivity contribution in [2.75, 3.05) is 5.43 Å². The minimum absolute atomic E-state index is 0.322. The monoisotopic (exact) mass is 357 g/mol. The van der Waals surface area contributed by atoms with Gasteiger partial charge in [-0.3, -0.25) is 15.0 Å². The number of nitrogens with one attached hydrogen (secondary N) is 1. The number of fused-ring (bicyclic) bond motifs is 1. The molecule has 1 heterocycles. The van der Waals surface area contributed by atoms with Gasteiger partial charge in [-0.25, -0.2) is 9.66 Å². The molecule has 1 aromatic heterocycles. The van der Waals surface area contributed by atoms with E-state index in [1.165, 1.54) is 12.4 Å². The molecule has 0 aliphatic heterocycles. The molecule has 0 aliphatic carbocycles. The van der Waals surface area contributed by atoms with E-state index >= 15 is 0 Å². The minimum Gasteiger partial charge on any atom is -0.481 e. The normalized spacial score (nSPS) is 12.0. The van der Waals surface area contributed by atoms with Crippen molar-refractivity contribution in [2.45, 2.75) is 20.0 Å². The fraction of sp³-hybridized carbons (Fsp3) is 0.167. The Balaban J connectivity index is 1.78. The number of halogens is 1. The first kappa shape index (κ1) is 17.0. The highest BCUT2D eigenvalue weighted by Gasteiger charge is 2.16. The van der Waals surface area contributed by atoms with Crippen LogP contribution in [0.1, 0.15) is 12.5 Å². The first-order valence-corrected chi connectivity index (χ1v) is 8.03. The van der Waals surface area contributed by atoms with Gasteiger partial charge in [0.25, 0.3) is 11.5 Å². The topological polar surface area (TPSA) is 73.2 Å². The molecule has 0 fully saturated rings. The Labute approximate surface area is 149 Å². The van der Waals surface area contributed by atoms with Crippen LogP contribution in [0.15, 0.2) is 53.6 Å². The van der Waals surface area contributed by atoms with Gasteiger partial charge in [-0.1, -0.05) is 29.3 Å². The Bertz CT molecular complexity index is 983. The standard InChI is InChI=1S/C18H16ClN3O3/c1-11-3-6-14(7-4-11)25-12(2)17(23)21-22-10-20-16-8-5-13(19)9-15(16)18(22)24/h3-10,12H,1-2H3,(H,21,23)/t12-/m1/s1. The number of carbonyl (C=O) groups is 1. The van der Waals surface area contributed by atoms with E-state index in [-0.39, 0.29) is 0 Å². The highest BCUT2D eigenvalue weighted by molar-refractivity contribution is 6.31. The predicted molar refractivity (Wildman–Crippen MR) is 96.6 cm³/mol. The van der Waals surface area contributed by atoms with Crippen molar-refractivity contribution in [3.05, 3.63) is 69.7 Å². The van der Waals surface area contributed by atoms with Crippen LogP contribution in [0.2, 0.25) is 5.02 Å². The number of nitrogens with zero attached hydrogens (tertiary/aromatic N) is 2. The number of hydrogen-bond acceptors (Lipinski definition) is 4. The molecule has 1 atom stereocenters. The Morgan fingerprint density at radius 1 is 1.24 bits per heavy atom. The van der Waals surface area contributed by atoms with Crippen molar-refractivity contribution in [3.63, 3.8) is 0 Å². The predicted octanol–water partition coefficient (Wildman–Crippen LogP) is 2.90.